The number of hydrogen-bond donors (Lipinski definition) is 1. The average molecular weight is 475 g/mol. The van der Waals surface area contributed by atoms with Crippen molar-refractivity contribution in [1.29, 1.82) is 0 Å². The maximum absolute atomic E-state index is 13.8. The Morgan fingerprint density at radius 1 is 0.971 bits per heavy atom. The van der Waals surface area contributed by atoms with Gasteiger partial charge in [0.05, 0.1) is 0 Å². The molecule has 0 saturated carbocycles. The Bertz CT molecular complexity index is 1090. The zero-order valence-corrected chi connectivity index (χ0v) is 20.4. The van der Waals surface area contributed by atoms with Gasteiger partial charge < -0.3 is 14.9 Å². The van der Waals surface area contributed by atoms with Gasteiger partial charge in [0.2, 0.25) is 5.91 Å². The molecule has 3 aromatic rings. The third-order valence-corrected chi connectivity index (χ3v) is 7.02. The van der Waals surface area contributed by atoms with Crippen LogP contribution >= 0.6 is 11.6 Å². The second-order valence-corrected chi connectivity index (χ2v) is 9.56. The van der Waals surface area contributed by atoms with Crippen LogP contribution in [0.5, 0.6) is 0 Å². The van der Waals surface area contributed by atoms with Gasteiger partial charge in [-0.25, -0.2) is 0 Å². The van der Waals surface area contributed by atoms with Crippen molar-refractivity contribution in [2.24, 2.45) is 0 Å². The lowest BCUT2D eigenvalue weighted by Crippen LogP contribution is -2.47. The fourth-order valence-electron chi connectivity index (χ4n) is 4.81. The molecular weight excluding hydrogens is 444 g/mol. The molecule has 176 valence electrons. The fraction of sp³-hybridized carbons (Fsp3) is 0.276. The topological polar surface area (TPSA) is 43.8 Å². The van der Waals surface area contributed by atoms with Crippen LogP contribution in [-0.2, 0) is 15.8 Å². The largest absolute Gasteiger partial charge is 0.381 e. The first-order valence-electron chi connectivity index (χ1n) is 11.6. The van der Waals surface area contributed by atoms with Crippen LogP contribution in [0, 0.1) is 0 Å². The second kappa shape index (κ2) is 10.0. The van der Waals surface area contributed by atoms with E-state index in [0.29, 0.717) is 31.0 Å². The summed E-state index contributed by atoms with van der Waals surface area (Å²) in [6.07, 6.45) is 4.98. The average Bonchev–Trinajstić information content (AvgIpc) is 2.87. The van der Waals surface area contributed by atoms with Gasteiger partial charge in [-0.15, -0.1) is 0 Å². The summed E-state index contributed by atoms with van der Waals surface area (Å²) in [5.74, 6) is 0.0589. The lowest BCUT2D eigenvalue weighted by Gasteiger charge is -2.39. The van der Waals surface area contributed by atoms with Gasteiger partial charge in [0.15, 0.2) is 0 Å². The Hall–Kier alpha value is -3.08. The van der Waals surface area contributed by atoms with Crippen molar-refractivity contribution in [2.75, 3.05) is 27.2 Å². The molecule has 1 aliphatic rings. The molecule has 1 amide bonds. The first kappa shape index (κ1) is 24.1. The minimum atomic E-state index is -1.02. The number of aliphatic hydroxyl groups is 1. The number of nitrogens with zero attached hydrogens (tertiary/aromatic N) is 2. The van der Waals surface area contributed by atoms with E-state index in [1.54, 1.807) is 17.0 Å². The van der Waals surface area contributed by atoms with Crippen LogP contribution in [0.4, 0.5) is 0 Å². The Morgan fingerprint density at radius 3 is 2.00 bits per heavy atom. The molecule has 1 atom stereocenters. The van der Waals surface area contributed by atoms with Gasteiger partial charge in [-0.05, 0) is 47.5 Å². The van der Waals surface area contributed by atoms with E-state index in [1.807, 2.05) is 99.2 Å². The summed E-state index contributed by atoms with van der Waals surface area (Å²) in [6.45, 7) is 1.36. The molecular formula is C29H31ClN2O2. The van der Waals surface area contributed by atoms with E-state index in [4.69, 9.17) is 11.6 Å². The maximum Gasteiger partial charge on any atom is 0.237 e. The molecule has 0 aromatic heterocycles. The number of benzene rings is 3. The van der Waals surface area contributed by atoms with Crippen LogP contribution in [0.1, 0.15) is 29.5 Å². The summed E-state index contributed by atoms with van der Waals surface area (Å²) >= 11 is 6.01. The smallest absolute Gasteiger partial charge is 0.237 e. The molecule has 0 bridgehead atoms. The van der Waals surface area contributed by atoms with E-state index in [0.717, 1.165) is 16.7 Å². The highest BCUT2D eigenvalue weighted by Gasteiger charge is 2.43. The molecule has 1 unspecified atom stereocenters. The van der Waals surface area contributed by atoms with E-state index in [2.05, 4.69) is 4.90 Å². The third kappa shape index (κ3) is 4.75. The summed E-state index contributed by atoms with van der Waals surface area (Å²) in [7, 11) is 3.63. The molecule has 0 fully saturated rings. The number of amides is 1. The molecule has 0 aliphatic carbocycles. The van der Waals surface area contributed by atoms with Crippen LogP contribution in [0.2, 0.25) is 5.02 Å². The number of carbonyl (C=O) groups is 1. The van der Waals surface area contributed by atoms with E-state index in [-0.39, 0.29) is 5.91 Å². The molecule has 4 rings (SSSR count). The Kier molecular flexibility index (Phi) is 7.11. The minimum absolute atomic E-state index is 0.0589. The molecule has 3 aromatic carbocycles. The standard InChI is InChI=1S/C29H31ClN2O2/c1-31(2)27(33)29(24-9-5-3-6-10-24,25-11-7-4-8-12-25)19-22-32-20-17-28(34,18-21-32)23-13-15-26(30)16-14-23/h3-17,20,34H,18-19,21-22H2,1-2H3. The van der Waals surface area contributed by atoms with E-state index >= 15 is 0 Å². The van der Waals surface area contributed by atoms with Crippen molar-refractivity contribution >= 4 is 17.5 Å². The molecule has 5 heteroatoms. The minimum Gasteiger partial charge on any atom is -0.381 e. The summed E-state index contributed by atoms with van der Waals surface area (Å²) in [4.78, 5) is 17.7. The molecule has 1 aliphatic heterocycles. The first-order valence-corrected chi connectivity index (χ1v) is 12.0. The van der Waals surface area contributed by atoms with Crippen molar-refractivity contribution < 1.29 is 9.90 Å². The summed E-state index contributed by atoms with van der Waals surface area (Å²) in [5.41, 5.74) is 0.982. The van der Waals surface area contributed by atoms with Crippen LogP contribution in [0.3, 0.4) is 0 Å². The Balaban J connectivity index is 1.63. The van der Waals surface area contributed by atoms with Gasteiger partial charge in [0.1, 0.15) is 11.0 Å². The van der Waals surface area contributed by atoms with Crippen molar-refractivity contribution in [1.82, 2.24) is 9.80 Å². The zero-order chi connectivity index (χ0) is 24.2. The van der Waals surface area contributed by atoms with Crippen molar-refractivity contribution in [3.8, 4) is 0 Å². The summed E-state index contributed by atoms with van der Waals surface area (Å²) < 4.78 is 0. The summed E-state index contributed by atoms with van der Waals surface area (Å²) in [6, 6.07) is 27.4. The second-order valence-electron chi connectivity index (χ2n) is 9.12. The van der Waals surface area contributed by atoms with Crippen LogP contribution < -0.4 is 0 Å². The predicted molar refractivity (Wildman–Crippen MR) is 138 cm³/mol. The summed E-state index contributed by atoms with van der Waals surface area (Å²) in [5, 5.41) is 11.8. The van der Waals surface area contributed by atoms with Gasteiger partial charge in [0.25, 0.3) is 0 Å². The van der Waals surface area contributed by atoms with Gasteiger partial charge in [-0.3, -0.25) is 4.79 Å². The highest BCUT2D eigenvalue weighted by Crippen LogP contribution is 2.38. The normalized spacial score (nSPS) is 18.1. The van der Waals surface area contributed by atoms with Gasteiger partial charge in [-0.1, -0.05) is 84.4 Å². The number of likely N-dealkylation sites (N-methyl/N-ethyl adjacent to an activating group) is 1. The number of carbonyl (C=O) groups excluding carboxylic acids is 1. The lowest BCUT2D eigenvalue weighted by atomic mass is 9.70. The molecule has 1 N–H and O–H groups in total. The first-order chi connectivity index (χ1) is 16.3. The zero-order valence-electron chi connectivity index (χ0n) is 19.7. The van der Waals surface area contributed by atoms with Crippen LogP contribution in [0.25, 0.3) is 0 Å². The van der Waals surface area contributed by atoms with Crippen molar-refractivity contribution in [2.45, 2.75) is 23.9 Å². The SMILES string of the molecule is CN(C)C(=O)C(CCN1C=CC(O)(c2ccc(Cl)cc2)CC1)(c1ccccc1)c1ccccc1. The molecule has 0 radical (unpaired) electrons. The molecule has 1 heterocycles. The van der Waals surface area contributed by atoms with E-state index in [1.165, 1.54) is 0 Å². The highest BCUT2D eigenvalue weighted by molar-refractivity contribution is 6.30. The van der Waals surface area contributed by atoms with Crippen LogP contribution in [-0.4, -0.2) is 48.0 Å². The van der Waals surface area contributed by atoms with E-state index < -0.39 is 11.0 Å². The quantitative estimate of drug-likeness (QED) is 0.511. The fourth-order valence-corrected chi connectivity index (χ4v) is 4.94. The van der Waals surface area contributed by atoms with Gasteiger partial charge >= 0.3 is 0 Å². The molecule has 4 nitrogen and oxygen atoms in total. The van der Waals surface area contributed by atoms with Crippen molar-refractivity contribution in [3.05, 3.63) is 119 Å². The number of halogens is 1. The number of hydrogen-bond acceptors (Lipinski definition) is 3. The van der Waals surface area contributed by atoms with Gasteiger partial charge in [0, 0.05) is 38.6 Å². The molecule has 0 saturated heterocycles. The lowest BCUT2D eigenvalue weighted by molar-refractivity contribution is -0.133. The number of rotatable bonds is 7. The maximum atomic E-state index is 13.8. The third-order valence-electron chi connectivity index (χ3n) is 6.76. The predicted octanol–water partition coefficient (Wildman–Crippen LogP) is 5.21. The van der Waals surface area contributed by atoms with Crippen molar-refractivity contribution in [3.63, 3.8) is 0 Å². The van der Waals surface area contributed by atoms with E-state index in [9.17, 15) is 9.90 Å². The highest BCUT2D eigenvalue weighted by atomic mass is 35.5. The Morgan fingerprint density at radius 2 is 1.53 bits per heavy atom. The molecule has 0 spiro atoms. The van der Waals surface area contributed by atoms with Gasteiger partial charge in [-0.2, -0.15) is 0 Å². The Labute approximate surface area is 207 Å². The monoisotopic (exact) mass is 474 g/mol. The van der Waals surface area contributed by atoms with Crippen LogP contribution in [0.15, 0.2) is 97.2 Å². The molecule has 34 heavy (non-hydrogen) atoms.